The molecule has 2 rings (SSSR count). The molecule has 0 aliphatic heterocycles. The maximum atomic E-state index is 12.3. The number of nitrogens with one attached hydrogen (secondary N) is 1. The van der Waals surface area contributed by atoms with Crippen molar-refractivity contribution in [1.82, 2.24) is 15.1 Å². The molecule has 0 aliphatic rings. The van der Waals surface area contributed by atoms with E-state index < -0.39 is 6.04 Å². The summed E-state index contributed by atoms with van der Waals surface area (Å²) in [6.45, 7) is 2.01. The van der Waals surface area contributed by atoms with Crippen LogP contribution in [0, 0.1) is 0 Å². The largest absolute Gasteiger partial charge is 0.348 e. The van der Waals surface area contributed by atoms with Gasteiger partial charge in [-0.15, -0.1) is 0 Å². The third kappa shape index (κ3) is 3.83. The van der Waals surface area contributed by atoms with Gasteiger partial charge in [-0.25, -0.2) is 0 Å². The molecule has 0 aliphatic carbocycles. The fourth-order valence-electron chi connectivity index (χ4n) is 2.13. The molecular formula is C15H19ClN4O. The van der Waals surface area contributed by atoms with Crippen LogP contribution in [0.3, 0.4) is 0 Å². The quantitative estimate of drug-likeness (QED) is 0.890. The Morgan fingerprint density at radius 3 is 2.57 bits per heavy atom. The highest BCUT2D eigenvalue weighted by molar-refractivity contribution is 6.30. The zero-order chi connectivity index (χ0) is 15.4. The number of amides is 1. The van der Waals surface area contributed by atoms with Crippen LogP contribution in [0.2, 0.25) is 5.02 Å². The number of carbonyl (C=O) groups excluding carboxylic acids is 1. The summed E-state index contributed by atoms with van der Waals surface area (Å²) in [5.41, 5.74) is 7.67. The molecule has 0 fully saturated rings. The van der Waals surface area contributed by atoms with Gasteiger partial charge in [0.25, 0.3) is 0 Å². The summed E-state index contributed by atoms with van der Waals surface area (Å²) in [5.74, 6) is -0.218. The number of benzene rings is 1. The first-order valence-corrected chi connectivity index (χ1v) is 7.19. The maximum absolute atomic E-state index is 12.3. The van der Waals surface area contributed by atoms with Crippen molar-refractivity contribution >= 4 is 17.5 Å². The third-order valence-corrected chi connectivity index (χ3v) is 3.62. The van der Waals surface area contributed by atoms with Crippen molar-refractivity contribution in [3.05, 3.63) is 52.8 Å². The molecule has 0 saturated heterocycles. The fraction of sp³-hybridized carbons (Fsp3) is 0.333. The van der Waals surface area contributed by atoms with Crippen LogP contribution in [-0.4, -0.2) is 15.7 Å². The zero-order valence-electron chi connectivity index (χ0n) is 12.1. The number of nitrogens with zero attached hydrogens (tertiary/aromatic N) is 2. The summed E-state index contributed by atoms with van der Waals surface area (Å²) in [4.78, 5) is 12.3. The van der Waals surface area contributed by atoms with Crippen LogP contribution in [0.4, 0.5) is 0 Å². The Kier molecular flexibility index (Phi) is 4.98. The second-order valence-electron chi connectivity index (χ2n) is 4.95. The highest BCUT2D eigenvalue weighted by atomic mass is 35.5. The van der Waals surface area contributed by atoms with Crippen LogP contribution in [0.15, 0.2) is 36.7 Å². The van der Waals surface area contributed by atoms with E-state index in [1.807, 2.05) is 31.2 Å². The molecule has 6 heteroatoms. The Hall–Kier alpha value is -1.85. The van der Waals surface area contributed by atoms with Crippen LogP contribution in [0.5, 0.6) is 0 Å². The lowest BCUT2D eigenvalue weighted by atomic mass is 10.0. The van der Waals surface area contributed by atoms with Gasteiger partial charge in [-0.1, -0.05) is 30.7 Å². The number of hydrogen-bond donors (Lipinski definition) is 2. The molecule has 21 heavy (non-hydrogen) atoms. The molecule has 0 bridgehead atoms. The predicted molar refractivity (Wildman–Crippen MR) is 82.8 cm³/mol. The molecule has 2 atom stereocenters. The minimum atomic E-state index is -0.722. The topological polar surface area (TPSA) is 72.9 Å². The Balaban J connectivity index is 2.07. The number of hydrogen-bond acceptors (Lipinski definition) is 3. The van der Waals surface area contributed by atoms with Crippen molar-refractivity contribution in [1.29, 1.82) is 0 Å². The average Bonchev–Trinajstić information content (AvgIpc) is 2.91. The lowest BCUT2D eigenvalue weighted by Gasteiger charge is -2.20. The molecule has 1 aromatic carbocycles. The van der Waals surface area contributed by atoms with Crippen molar-refractivity contribution in [2.24, 2.45) is 12.8 Å². The molecule has 1 heterocycles. The first-order valence-electron chi connectivity index (χ1n) is 6.81. The third-order valence-electron chi connectivity index (χ3n) is 3.36. The Labute approximate surface area is 129 Å². The van der Waals surface area contributed by atoms with Crippen molar-refractivity contribution in [3.63, 3.8) is 0 Å². The second-order valence-corrected chi connectivity index (χ2v) is 5.38. The van der Waals surface area contributed by atoms with Crippen LogP contribution >= 0.6 is 11.6 Å². The Bertz CT molecular complexity index is 608. The molecule has 1 amide bonds. The molecule has 2 unspecified atom stereocenters. The number of aromatic nitrogens is 2. The second kappa shape index (κ2) is 6.74. The van der Waals surface area contributed by atoms with Crippen molar-refractivity contribution in [2.75, 3.05) is 0 Å². The first kappa shape index (κ1) is 15.5. The van der Waals surface area contributed by atoms with E-state index in [1.165, 1.54) is 0 Å². The molecule has 1 aromatic heterocycles. The van der Waals surface area contributed by atoms with Gasteiger partial charge in [-0.3, -0.25) is 9.48 Å². The summed E-state index contributed by atoms with van der Waals surface area (Å²) in [5, 5.41) is 7.67. The van der Waals surface area contributed by atoms with Crippen molar-refractivity contribution < 1.29 is 4.79 Å². The molecular weight excluding hydrogens is 288 g/mol. The summed E-state index contributed by atoms with van der Waals surface area (Å²) in [6.07, 6.45) is 4.12. The van der Waals surface area contributed by atoms with Gasteiger partial charge in [0.2, 0.25) is 5.91 Å². The lowest BCUT2D eigenvalue weighted by Crippen LogP contribution is -2.36. The van der Waals surface area contributed by atoms with E-state index in [4.69, 9.17) is 17.3 Å². The van der Waals surface area contributed by atoms with Crippen LogP contribution in [-0.2, 0) is 11.8 Å². The lowest BCUT2D eigenvalue weighted by molar-refractivity contribution is -0.123. The Morgan fingerprint density at radius 2 is 2.05 bits per heavy atom. The molecule has 112 valence electrons. The summed E-state index contributed by atoms with van der Waals surface area (Å²) in [6, 6.07) is 6.63. The van der Waals surface area contributed by atoms with E-state index in [2.05, 4.69) is 10.4 Å². The number of carbonyl (C=O) groups is 1. The fourth-order valence-corrected chi connectivity index (χ4v) is 2.26. The van der Waals surface area contributed by atoms with E-state index in [1.54, 1.807) is 24.1 Å². The van der Waals surface area contributed by atoms with Crippen LogP contribution in [0.25, 0.3) is 0 Å². The first-order chi connectivity index (χ1) is 10.0. The number of rotatable bonds is 5. The summed E-state index contributed by atoms with van der Waals surface area (Å²) >= 11 is 5.88. The van der Waals surface area contributed by atoms with Gasteiger partial charge in [0.15, 0.2) is 0 Å². The van der Waals surface area contributed by atoms with E-state index in [0.717, 1.165) is 12.0 Å². The van der Waals surface area contributed by atoms with E-state index in [9.17, 15) is 4.79 Å². The van der Waals surface area contributed by atoms with E-state index in [-0.39, 0.29) is 11.9 Å². The molecule has 3 N–H and O–H groups in total. The summed E-state index contributed by atoms with van der Waals surface area (Å²) < 4.78 is 1.62. The van der Waals surface area contributed by atoms with Gasteiger partial charge in [0.05, 0.1) is 12.2 Å². The van der Waals surface area contributed by atoms with Crippen molar-refractivity contribution in [2.45, 2.75) is 25.4 Å². The standard InChI is InChI=1S/C15H19ClN4O/c1-3-13(10-4-6-12(16)7-5-10)19-15(21)14(17)11-8-18-20(2)9-11/h4-9,13-14H,3,17H2,1-2H3,(H,19,21). The van der Waals surface area contributed by atoms with Crippen LogP contribution in [0.1, 0.15) is 36.6 Å². The molecule has 5 nitrogen and oxygen atoms in total. The number of aryl methyl sites for hydroxylation is 1. The molecule has 2 aromatic rings. The van der Waals surface area contributed by atoms with Gasteiger partial charge in [0, 0.05) is 23.8 Å². The van der Waals surface area contributed by atoms with Gasteiger partial charge >= 0.3 is 0 Å². The predicted octanol–water partition coefficient (Wildman–Crippen LogP) is 2.34. The van der Waals surface area contributed by atoms with Crippen LogP contribution < -0.4 is 11.1 Å². The number of nitrogens with two attached hydrogens (primary N) is 1. The highest BCUT2D eigenvalue weighted by Crippen LogP contribution is 2.20. The minimum absolute atomic E-state index is 0.0857. The van der Waals surface area contributed by atoms with E-state index in [0.29, 0.717) is 10.6 Å². The maximum Gasteiger partial charge on any atom is 0.242 e. The zero-order valence-corrected chi connectivity index (χ0v) is 12.8. The Morgan fingerprint density at radius 1 is 1.38 bits per heavy atom. The van der Waals surface area contributed by atoms with E-state index >= 15 is 0 Å². The monoisotopic (exact) mass is 306 g/mol. The normalized spacial score (nSPS) is 13.7. The van der Waals surface area contributed by atoms with Gasteiger partial charge in [-0.05, 0) is 24.1 Å². The molecule has 0 radical (unpaired) electrons. The highest BCUT2D eigenvalue weighted by Gasteiger charge is 2.20. The van der Waals surface area contributed by atoms with Crippen molar-refractivity contribution in [3.8, 4) is 0 Å². The molecule has 0 spiro atoms. The van der Waals surface area contributed by atoms with Gasteiger partial charge in [0.1, 0.15) is 6.04 Å². The minimum Gasteiger partial charge on any atom is -0.348 e. The molecule has 0 saturated carbocycles. The SMILES string of the molecule is CCC(NC(=O)C(N)c1cnn(C)c1)c1ccc(Cl)cc1. The smallest absolute Gasteiger partial charge is 0.242 e. The van der Waals surface area contributed by atoms with Gasteiger partial charge < -0.3 is 11.1 Å². The summed E-state index contributed by atoms with van der Waals surface area (Å²) in [7, 11) is 1.79. The number of halogens is 1. The average molecular weight is 307 g/mol. The van der Waals surface area contributed by atoms with Gasteiger partial charge in [-0.2, -0.15) is 5.10 Å².